The molecule has 1 amide bonds. The van der Waals surface area contributed by atoms with Crippen molar-refractivity contribution in [2.45, 2.75) is 11.8 Å². The van der Waals surface area contributed by atoms with E-state index in [1.165, 1.54) is 17.0 Å². The molecule has 2 nitrogen and oxygen atoms in total. The lowest BCUT2D eigenvalue weighted by Gasteiger charge is -2.23. The zero-order valence-electron chi connectivity index (χ0n) is 10.8. The largest absolute Gasteiger partial charge is 0.325 e. The van der Waals surface area contributed by atoms with Crippen LogP contribution in [0, 0.1) is 5.82 Å². The molecule has 2 heterocycles. The third kappa shape index (κ3) is 2.88. The summed E-state index contributed by atoms with van der Waals surface area (Å²) < 4.78 is 12.9. The normalized spacial score (nSPS) is 18.4. The van der Waals surface area contributed by atoms with Gasteiger partial charge in [-0.2, -0.15) is 0 Å². The van der Waals surface area contributed by atoms with Crippen molar-refractivity contribution in [3.05, 3.63) is 58.0 Å². The van der Waals surface area contributed by atoms with E-state index in [1.807, 2.05) is 16.3 Å². The van der Waals surface area contributed by atoms with Crippen LogP contribution in [0.15, 0.2) is 41.8 Å². The molecule has 1 aromatic carbocycles. The first-order valence-electron chi connectivity index (χ1n) is 6.43. The number of hydrogen-bond donors (Lipinski definition) is 0. The molecule has 1 fully saturated rings. The van der Waals surface area contributed by atoms with Gasteiger partial charge in [-0.3, -0.25) is 4.79 Å². The van der Waals surface area contributed by atoms with Gasteiger partial charge in [-0.15, -0.1) is 23.1 Å². The molecule has 1 aliphatic heterocycles. The molecule has 0 spiro atoms. The third-order valence-corrected chi connectivity index (χ3v) is 5.58. The van der Waals surface area contributed by atoms with Gasteiger partial charge in [-0.1, -0.05) is 18.2 Å². The monoisotopic (exact) mass is 307 g/mol. The highest BCUT2D eigenvalue weighted by Gasteiger charge is 2.30. The number of hydrogen-bond acceptors (Lipinski definition) is 3. The molecular weight excluding hydrogens is 293 g/mol. The molecule has 20 heavy (non-hydrogen) atoms. The highest BCUT2D eigenvalue weighted by atomic mass is 32.2. The van der Waals surface area contributed by atoms with E-state index in [1.54, 1.807) is 35.2 Å². The van der Waals surface area contributed by atoms with Crippen LogP contribution in [0.2, 0.25) is 0 Å². The maximum Gasteiger partial charge on any atom is 0.228 e. The fourth-order valence-corrected chi connectivity index (χ4v) is 4.53. The molecule has 2 aromatic rings. The molecule has 0 aliphatic carbocycles. The van der Waals surface area contributed by atoms with Crippen LogP contribution < -0.4 is 0 Å². The number of carbonyl (C=O) groups is 1. The fraction of sp³-hybridized carbons (Fsp3) is 0.267. The summed E-state index contributed by atoms with van der Waals surface area (Å²) in [5, 5.41) is 2.18. The van der Waals surface area contributed by atoms with Gasteiger partial charge in [-0.25, -0.2) is 4.39 Å². The predicted octanol–water partition coefficient (Wildman–Crippen LogP) is 3.70. The first-order chi connectivity index (χ1) is 9.74. The van der Waals surface area contributed by atoms with Crippen molar-refractivity contribution in [3.63, 3.8) is 0 Å². The molecule has 1 aliphatic rings. The predicted molar refractivity (Wildman–Crippen MR) is 81.3 cm³/mol. The summed E-state index contributed by atoms with van der Waals surface area (Å²) >= 11 is 3.49. The molecule has 3 rings (SSSR count). The molecule has 104 valence electrons. The summed E-state index contributed by atoms with van der Waals surface area (Å²) in [5.74, 6) is 0.812. The Morgan fingerprint density at radius 1 is 1.30 bits per heavy atom. The summed E-state index contributed by atoms with van der Waals surface area (Å²) in [6.45, 7) is 0.785. The molecule has 1 aromatic heterocycles. The molecule has 0 radical (unpaired) electrons. The Balaban J connectivity index is 1.71. The Morgan fingerprint density at radius 2 is 2.10 bits per heavy atom. The Bertz CT molecular complexity index is 582. The molecular formula is C15H14FNOS2. The van der Waals surface area contributed by atoms with Gasteiger partial charge < -0.3 is 4.90 Å². The molecule has 0 N–H and O–H groups in total. The number of carbonyl (C=O) groups excluding carboxylic acids is 1. The standard InChI is InChI=1S/C15H14FNOS2/c16-12-5-3-11(4-6-12)10-14(18)17-7-9-20-15(17)13-2-1-8-19-13/h1-6,8,15H,7,9-10H2. The molecule has 5 heteroatoms. The summed E-state index contributed by atoms with van der Waals surface area (Å²) in [4.78, 5) is 15.6. The van der Waals surface area contributed by atoms with Crippen molar-refractivity contribution in [1.29, 1.82) is 0 Å². The van der Waals surface area contributed by atoms with Crippen molar-refractivity contribution in [1.82, 2.24) is 4.90 Å². The van der Waals surface area contributed by atoms with E-state index in [9.17, 15) is 9.18 Å². The number of rotatable bonds is 3. The number of benzene rings is 1. The fourth-order valence-electron chi connectivity index (χ4n) is 2.27. The smallest absolute Gasteiger partial charge is 0.228 e. The first kappa shape index (κ1) is 13.6. The zero-order valence-corrected chi connectivity index (χ0v) is 12.4. The van der Waals surface area contributed by atoms with Gasteiger partial charge in [0.1, 0.15) is 11.2 Å². The maximum atomic E-state index is 12.9. The highest BCUT2D eigenvalue weighted by Crippen LogP contribution is 2.40. The lowest BCUT2D eigenvalue weighted by Crippen LogP contribution is -2.31. The highest BCUT2D eigenvalue weighted by molar-refractivity contribution is 7.99. The second kappa shape index (κ2) is 5.97. The van der Waals surface area contributed by atoms with E-state index in [0.29, 0.717) is 6.42 Å². The van der Waals surface area contributed by atoms with Crippen LogP contribution in [0.25, 0.3) is 0 Å². The van der Waals surface area contributed by atoms with E-state index >= 15 is 0 Å². The van der Waals surface area contributed by atoms with Gasteiger partial charge in [0.2, 0.25) is 5.91 Å². The Labute approximate surface area is 125 Å². The van der Waals surface area contributed by atoms with Crippen molar-refractivity contribution in [2.24, 2.45) is 0 Å². The minimum absolute atomic E-state index is 0.111. The Morgan fingerprint density at radius 3 is 2.80 bits per heavy atom. The quantitative estimate of drug-likeness (QED) is 0.861. The van der Waals surface area contributed by atoms with Crippen LogP contribution in [-0.2, 0) is 11.2 Å². The second-order valence-corrected chi connectivity index (χ2v) is 6.80. The van der Waals surface area contributed by atoms with Crippen molar-refractivity contribution in [2.75, 3.05) is 12.3 Å². The van der Waals surface area contributed by atoms with Crippen molar-refractivity contribution in [3.8, 4) is 0 Å². The number of thiophene rings is 1. The topological polar surface area (TPSA) is 20.3 Å². The average Bonchev–Trinajstić information content (AvgIpc) is 3.11. The lowest BCUT2D eigenvalue weighted by molar-refractivity contribution is -0.130. The number of halogens is 1. The van der Waals surface area contributed by atoms with Gasteiger partial charge in [0, 0.05) is 17.2 Å². The molecule has 0 bridgehead atoms. The summed E-state index contributed by atoms with van der Waals surface area (Å²) in [7, 11) is 0. The number of nitrogens with zero attached hydrogens (tertiary/aromatic N) is 1. The van der Waals surface area contributed by atoms with Crippen LogP contribution in [0.3, 0.4) is 0 Å². The first-order valence-corrected chi connectivity index (χ1v) is 8.36. The molecule has 1 unspecified atom stereocenters. The van der Waals surface area contributed by atoms with Gasteiger partial charge in [0.05, 0.1) is 6.42 Å². The van der Waals surface area contributed by atoms with E-state index in [0.717, 1.165) is 17.9 Å². The van der Waals surface area contributed by atoms with Crippen molar-refractivity contribution < 1.29 is 9.18 Å². The Hall–Kier alpha value is -1.33. The van der Waals surface area contributed by atoms with Crippen LogP contribution in [0.5, 0.6) is 0 Å². The molecule has 1 saturated heterocycles. The molecule has 1 atom stereocenters. The van der Waals surface area contributed by atoms with Crippen LogP contribution in [-0.4, -0.2) is 23.1 Å². The van der Waals surface area contributed by atoms with E-state index in [-0.39, 0.29) is 17.1 Å². The molecule has 0 saturated carbocycles. The SMILES string of the molecule is O=C(Cc1ccc(F)cc1)N1CCSC1c1cccs1. The average molecular weight is 307 g/mol. The third-order valence-electron chi connectivity index (χ3n) is 3.27. The summed E-state index contributed by atoms with van der Waals surface area (Å²) in [6.07, 6.45) is 0.336. The van der Waals surface area contributed by atoms with Crippen LogP contribution in [0.1, 0.15) is 15.8 Å². The van der Waals surface area contributed by atoms with Crippen LogP contribution in [0.4, 0.5) is 4.39 Å². The van der Waals surface area contributed by atoms with Crippen LogP contribution >= 0.6 is 23.1 Å². The minimum Gasteiger partial charge on any atom is -0.325 e. The minimum atomic E-state index is -0.269. The van der Waals surface area contributed by atoms with Gasteiger partial charge >= 0.3 is 0 Å². The summed E-state index contributed by atoms with van der Waals surface area (Å²) in [6, 6.07) is 10.2. The number of amides is 1. The van der Waals surface area contributed by atoms with Gasteiger partial charge in [-0.05, 0) is 29.1 Å². The Kier molecular flexibility index (Phi) is 4.08. The van der Waals surface area contributed by atoms with E-state index < -0.39 is 0 Å². The van der Waals surface area contributed by atoms with Gasteiger partial charge in [0.25, 0.3) is 0 Å². The second-order valence-electron chi connectivity index (χ2n) is 4.63. The van der Waals surface area contributed by atoms with Crippen molar-refractivity contribution >= 4 is 29.0 Å². The maximum absolute atomic E-state index is 12.9. The van der Waals surface area contributed by atoms with E-state index in [2.05, 4.69) is 6.07 Å². The zero-order chi connectivity index (χ0) is 13.9. The number of thioether (sulfide) groups is 1. The lowest BCUT2D eigenvalue weighted by atomic mass is 10.1. The van der Waals surface area contributed by atoms with Gasteiger partial charge in [0.15, 0.2) is 0 Å². The summed E-state index contributed by atoms with van der Waals surface area (Å²) in [5.41, 5.74) is 0.859. The van der Waals surface area contributed by atoms with E-state index in [4.69, 9.17) is 0 Å².